The zero-order valence-corrected chi connectivity index (χ0v) is 11.0. The van der Waals surface area contributed by atoms with Gasteiger partial charge in [-0.15, -0.1) is 0 Å². The SMILES string of the molecule is Brc1cc2c(cc1C1CNCCO1)OCOC2. The summed E-state index contributed by atoms with van der Waals surface area (Å²) in [5.74, 6) is 0.906. The lowest BCUT2D eigenvalue weighted by molar-refractivity contribution is -0.0171. The van der Waals surface area contributed by atoms with Crippen LogP contribution in [-0.4, -0.2) is 26.5 Å². The Bertz CT molecular complexity index is 418. The molecule has 0 aromatic heterocycles. The molecule has 1 fully saturated rings. The van der Waals surface area contributed by atoms with E-state index in [4.69, 9.17) is 14.2 Å². The van der Waals surface area contributed by atoms with E-state index in [9.17, 15) is 0 Å². The molecule has 92 valence electrons. The highest BCUT2D eigenvalue weighted by Gasteiger charge is 2.21. The van der Waals surface area contributed by atoms with Crippen molar-refractivity contribution in [1.82, 2.24) is 5.32 Å². The Labute approximate surface area is 108 Å². The molecule has 0 spiro atoms. The fraction of sp³-hybridized carbons (Fsp3) is 0.500. The van der Waals surface area contributed by atoms with Crippen molar-refractivity contribution in [3.63, 3.8) is 0 Å². The van der Waals surface area contributed by atoms with Crippen LogP contribution in [0, 0.1) is 0 Å². The first-order chi connectivity index (χ1) is 8.34. The van der Waals surface area contributed by atoms with Crippen molar-refractivity contribution in [2.24, 2.45) is 0 Å². The molecule has 17 heavy (non-hydrogen) atoms. The van der Waals surface area contributed by atoms with Crippen LogP contribution in [0.4, 0.5) is 0 Å². The average Bonchev–Trinajstić information content (AvgIpc) is 2.39. The molecule has 0 bridgehead atoms. The molecular weight excluding hydrogens is 286 g/mol. The van der Waals surface area contributed by atoms with Crippen LogP contribution in [0.2, 0.25) is 0 Å². The van der Waals surface area contributed by atoms with Gasteiger partial charge in [0, 0.05) is 23.1 Å². The molecule has 1 atom stereocenters. The van der Waals surface area contributed by atoms with Crippen LogP contribution >= 0.6 is 15.9 Å². The number of benzene rings is 1. The second-order valence-corrected chi connectivity index (χ2v) is 5.01. The van der Waals surface area contributed by atoms with Gasteiger partial charge in [-0.05, 0) is 17.7 Å². The van der Waals surface area contributed by atoms with Gasteiger partial charge in [0.05, 0.1) is 19.3 Å². The summed E-state index contributed by atoms with van der Waals surface area (Å²) in [5.41, 5.74) is 2.22. The summed E-state index contributed by atoms with van der Waals surface area (Å²) < 4.78 is 17.6. The summed E-state index contributed by atoms with van der Waals surface area (Å²) in [5, 5.41) is 3.33. The van der Waals surface area contributed by atoms with Gasteiger partial charge in [0.1, 0.15) is 5.75 Å². The maximum atomic E-state index is 5.76. The first kappa shape index (κ1) is 11.5. The number of hydrogen-bond acceptors (Lipinski definition) is 4. The number of morpholine rings is 1. The lowest BCUT2D eigenvalue weighted by Gasteiger charge is -2.26. The highest BCUT2D eigenvalue weighted by Crippen LogP contribution is 2.35. The van der Waals surface area contributed by atoms with E-state index in [0.717, 1.165) is 41.0 Å². The third kappa shape index (κ3) is 2.33. The number of ether oxygens (including phenoxy) is 3. The van der Waals surface area contributed by atoms with Crippen molar-refractivity contribution in [1.29, 1.82) is 0 Å². The smallest absolute Gasteiger partial charge is 0.189 e. The molecule has 4 nitrogen and oxygen atoms in total. The quantitative estimate of drug-likeness (QED) is 0.861. The summed E-state index contributed by atoms with van der Waals surface area (Å²) in [7, 11) is 0. The number of halogens is 1. The number of hydrogen-bond donors (Lipinski definition) is 1. The summed E-state index contributed by atoms with van der Waals surface area (Å²) in [6.07, 6.45) is 0.0925. The van der Waals surface area contributed by atoms with Gasteiger partial charge in [0.15, 0.2) is 6.79 Å². The van der Waals surface area contributed by atoms with Crippen molar-refractivity contribution in [2.75, 3.05) is 26.5 Å². The van der Waals surface area contributed by atoms with Crippen LogP contribution in [0.15, 0.2) is 16.6 Å². The van der Waals surface area contributed by atoms with Gasteiger partial charge in [0.2, 0.25) is 0 Å². The maximum absolute atomic E-state index is 5.76. The molecule has 1 aromatic carbocycles. The number of fused-ring (bicyclic) bond motifs is 1. The Kier molecular flexibility index (Phi) is 3.33. The van der Waals surface area contributed by atoms with E-state index in [0.29, 0.717) is 13.4 Å². The monoisotopic (exact) mass is 299 g/mol. The maximum Gasteiger partial charge on any atom is 0.189 e. The lowest BCUT2D eigenvalue weighted by atomic mass is 10.0. The zero-order chi connectivity index (χ0) is 11.7. The van der Waals surface area contributed by atoms with Gasteiger partial charge in [-0.1, -0.05) is 15.9 Å². The summed E-state index contributed by atoms with van der Waals surface area (Å²) in [4.78, 5) is 0. The van der Waals surface area contributed by atoms with E-state index in [1.54, 1.807) is 0 Å². The minimum absolute atomic E-state index is 0.0925. The predicted molar refractivity (Wildman–Crippen MR) is 66.0 cm³/mol. The first-order valence-corrected chi connectivity index (χ1v) is 6.49. The van der Waals surface area contributed by atoms with Gasteiger partial charge in [0.25, 0.3) is 0 Å². The zero-order valence-electron chi connectivity index (χ0n) is 9.37. The van der Waals surface area contributed by atoms with Crippen LogP contribution in [0.25, 0.3) is 0 Å². The van der Waals surface area contributed by atoms with Gasteiger partial charge < -0.3 is 19.5 Å². The molecule has 1 aromatic rings. The van der Waals surface area contributed by atoms with E-state index in [1.807, 2.05) is 0 Å². The summed E-state index contributed by atoms with van der Waals surface area (Å²) in [6, 6.07) is 4.11. The third-order valence-corrected chi connectivity index (χ3v) is 3.70. The minimum atomic E-state index is 0.0925. The third-order valence-electron chi connectivity index (χ3n) is 3.01. The topological polar surface area (TPSA) is 39.7 Å². The highest BCUT2D eigenvalue weighted by molar-refractivity contribution is 9.10. The van der Waals surface area contributed by atoms with Crippen LogP contribution in [0.3, 0.4) is 0 Å². The Morgan fingerprint density at radius 3 is 3.12 bits per heavy atom. The standard InChI is InChI=1S/C12H14BrNO3/c13-10-3-8-6-15-7-17-11(8)4-9(10)12-5-14-1-2-16-12/h3-4,12,14H,1-2,5-7H2. The molecule has 1 saturated heterocycles. The van der Waals surface area contributed by atoms with Crippen LogP contribution < -0.4 is 10.1 Å². The molecule has 1 unspecified atom stereocenters. The molecular formula is C12H14BrNO3. The molecule has 2 heterocycles. The Hall–Kier alpha value is -0.620. The van der Waals surface area contributed by atoms with E-state index in [2.05, 4.69) is 33.4 Å². The fourth-order valence-corrected chi connectivity index (χ4v) is 2.77. The Morgan fingerprint density at radius 1 is 1.35 bits per heavy atom. The normalized spacial score (nSPS) is 23.9. The van der Waals surface area contributed by atoms with Crippen molar-refractivity contribution >= 4 is 15.9 Å². The molecule has 1 N–H and O–H groups in total. The van der Waals surface area contributed by atoms with Gasteiger partial charge in [-0.2, -0.15) is 0 Å². The lowest BCUT2D eigenvalue weighted by Crippen LogP contribution is -2.33. The summed E-state index contributed by atoms with van der Waals surface area (Å²) >= 11 is 3.59. The van der Waals surface area contributed by atoms with Gasteiger partial charge >= 0.3 is 0 Å². The minimum Gasteiger partial charge on any atom is -0.467 e. The molecule has 0 aliphatic carbocycles. The van der Waals surface area contributed by atoms with Gasteiger partial charge in [-0.3, -0.25) is 0 Å². The fourth-order valence-electron chi connectivity index (χ4n) is 2.13. The van der Waals surface area contributed by atoms with Crippen molar-refractivity contribution in [3.8, 4) is 5.75 Å². The molecule has 3 rings (SSSR count). The van der Waals surface area contributed by atoms with Crippen molar-refractivity contribution in [2.45, 2.75) is 12.7 Å². The summed E-state index contributed by atoms with van der Waals surface area (Å²) in [6.45, 7) is 3.45. The average molecular weight is 300 g/mol. The first-order valence-electron chi connectivity index (χ1n) is 5.70. The van der Waals surface area contributed by atoms with Crippen molar-refractivity contribution < 1.29 is 14.2 Å². The van der Waals surface area contributed by atoms with Crippen molar-refractivity contribution in [3.05, 3.63) is 27.7 Å². The van der Waals surface area contributed by atoms with Crippen LogP contribution in [-0.2, 0) is 16.1 Å². The molecule has 0 saturated carbocycles. The second-order valence-electron chi connectivity index (χ2n) is 4.16. The second kappa shape index (κ2) is 4.94. The van der Waals surface area contributed by atoms with Crippen LogP contribution in [0.1, 0.15) is 17.2 Å². The van der Waals surface area contributed by atoms with E-state index >= 15 is 0 Å². The molecule has 0 radical (unpaired) electrons. The highest BCUT2D eigenvalue weighted by atomic mass is 79.9. The predicted octanol–water partition coefficient (Wildman–Crippen LogP) is 1.98. The molecule has 2 aliphatic rings. The van der Waals surface area contributed by atoms with E-state index < -0.39 is 0 Å². The van der Waals surface area contributed by atoms with Crippen LogP contribution in [0.5, 0.6) is 5.75 Å². The van der Waals surface area contributed by atoms with E-state index in [1.165, 1.54) is 0 Å². The molecule has 5 heteroatoms. The molecule has 0 amide bonds. The number of rotatable bonds is 1. The Balaban J connectivity index is 1.93. The number of nitrogens with one attached hydrogen (secondary N) is 1. The molecule has 2 aliphatic heterocycles. The Morgan fingerprint density at radius 2 is 2.29 bits per heavy atom. The van der Waals surface area contributed by atoms with E-state index in [-0.39, 0.29) is 6.10 Å². The van der Waals surface area contributed by atoms with Gasteiger partial charge in [-0.25, -0.2) is 0 Å². The largest absolute Gasteiger partial charge is 0.467 e.